The van der Waals surface area contributed by atoms with E-state index in [0.717, 1.165) is 22.8 Å². The highest BCUT2D eigenvalue weighted by Crippen LogP contribution is 2.30. The quantitative estimate of drug-likeness (QED) is 0.435. The number of carbonyl (C=O) groups excluding carboxylic acids is 1. The minimum Gasteiger partial charge on any atom is -0.490 e. The first-order chi connectivity index (χ1) is 15.9. The Balaban J connectivity index is 1.35. The molecular weight excluding hydrogens is 436 g/mol. The number of benzene rings is 2. The number of thioether (sulfide) groups is 1. The molecule has 33 heavy (non-hydrogen) atoms. The Labute approximate surface area is 197 Å². The van der Waals surface area contributed by atoms with Crippen molar-refractivity contribution in [3.05, 3.63) is 65.2 Å². The SMILES string of the molecule is Cc1ccc(OCCOc2ccc(C=C3C(=N)N4N=C(CC(C)C)SC4=NC3=O)cc2)cc1. The highest BCUT2D eigenvalue weighted by Gasteiger charge is 2.35. The van der Waals surface area contributed by atoms with Crippen LogP contribution in [0.4, 0.5) is 0 Å². The van der Waals surface area contributed by atoms with Crippen molar-refractivity contribution in [2.45, 2.75) is 27.2 Å². The van der Waals surface area contributed by atoms with Gasteiger partial charge in [0.15, 0.2) is 5.84 Å². The van der Waals surface area contributed by atoms with Gasteiger partial charge < -0.3 is 9.47 Å². The minimum atomic E-state index is -0.423. The molecule has 2 aromatic carbocycles. The molecule has 2 aliphatic rings. The maximum absolute atomic E-state index is 12.5. The van der Waals surface area contributed by atoms with E-state index in [9.17, 15) is 4.79 Å². The molecule has 0 radical (unpaired) electrons. The lowest BCUT2D eigenvalue weighted by molar-refractivity contribution is -0.114. The highest BCUT2D eigenvalue weighted by molar-refractivity contribution is 8.26. The largest absolute Gasteiger partial charge is 0.490 e. The molecule has 0 aromatic heterocycles. The summed E-state index contributed by atoms with van der Waals surface area (Å²) in [5.74, 6) is 1.58. The molecule has 8 heteroatoms. The number of amidine groups is 2. The molecule has 0 aliphatic carbocycles. The molecule has 0 unspecified atom stereocenters. The summed E-state index contributed by atoms with van der Waals surface area (Å²) in [6.45, 7) is 7.10. The molecule has 1 amide bonds. The van der Waals surface area contributed by atoms with Crippen molar-refractivity contribution in [2.24, 2.45) is 16.0 Å². The van der Waals surface area contributed by atoms with E-state index in [1.807, 2.05) is 55.5 Å². The number of hydrogen-bond acceptors (Lipinski definition) is 6. The molecule has 0 bridgehead atoms. The lowest BCUT2D eigenvalue weighted by atomic mass is 10.1. The average molecular weight is 463 g/mol. The van der Waals surface area contributed by atoms with Crippen molar-refractivity contribution in [2.75, 3.05) is 13.2 Å². The summed E-state index contributed by atoms with van der Waals surface area (Å²) >= 11 is 1.36. The second-order valence-corrected chi connectivity index (χ2v) is 9.23. The first-order valence-electron chi connectivity index (χ1n) is 10.8. The van der Waals surface area contributed by atoms with Crippen molar-refractivity contribution in [3.8, 4) is 11.5 Å². The van der Waals surface area contributed by atoms with Crippen LogP contribution in [0.1, 0.15) is 31.4 Å². The molecule has 0 saturated heterocycles. The van der Waals surface area contributed by atoms with Crippen molar-refractivity contribution < 1.29 is 14.3 Å². The van der Waals surface area contributed by atoms with Gasteiger partial charge in [0.2, 0.25) is 5.17 Å². The molecular formula is C25H26N4O3S. The number of amides is 1. The minimum absolute atomic E-state index is 0.0461. The maximum atomic E-state index is 12.5. The lowest BCUT2D eigenvalue weighted by Crippen LogP contribution is -2.35. The highest BCUT2D eigenvalue weighted by atomic mass is 32.2. The van der Waals surface area contributed by atoms with E-state index in [-0.39, 0.29) is 11.4 Å². The number of hydrogen-bond donors (Lipinski definition) is 1. The van der Waals surface area contributed by atoms with Gasteiger partial charge in [0.1, 0.15) is 29.8 Å². The van der Waals surface area contributed by atoms with Crippen molar-refractivity contribution in [1.29, 1.82) is 5.41 Å². The number of aryl methyl sites for hydroxylation is 1. The zero-order valence-corrected chi connectivity index (χ0v) is 19.7. The van der Waals surface area contributed by atoms with Crippen LogP contribution >= 0.6 is 11.8 Å². The normalized spacial score (nSPS) is 16.7. The van der Waals surface area contributed by atoms with E-state index in [4.69, 9.17) is 14.9 Å². The maximum Gasteiger partial charge on any atom is 0.283 e. The van der Waals surface area contributed by atoms with Crippen LogP contribution in [0.15, 0.2) is 64.2 Å². The summed E-state index contributed by atoms with van der Waals surface area (Å²) in [6.07, 6.45) is 2.45. The van der Waals surface area contributed by atoms with E-state index in [1.165, 1.54) is 22.3 Å². The van der Waals surface area contributed by atoms with Gasteiger partial charge in [-0.1, -0.05) is 43.7 Å². The Morgan fingerprint density at radius 1 is 1.03 bits per heavy atom. The topological polar surface area (TPSA) is 87.3 Å². The summed E-state index contributed by atoms with van der Waals surface area (Å²) < 4.78 is 11.4. The fourth-order valence-electron chi connectivity index (χ4n) is 3.24. The van der Waals surface area contributed by atoms with E-state index >= 15 is 0 Å². The first kappa shape index (κ1) is 22.8. The van der Waals surface area contributed by atoms with Crippen LogP contribution in [0.3, 0.4) is 0 Å². The van der Waals surface area contributed by atoms with Crippen LogP contribution < -0.4 is 9.47 Å². The molecule has 2 aliphatic heterocycles. The third kappa shape index (κ3) is 5.70. The third-order valence-electron chi connectivity index (χ3n) is 4.91. The molecule has 0 fully saturated rings. The van der Waals surface area contributed by atoms with E-state index in [0.29, 0.717) is 30.0 Å². The third-order valence-corrected chi connectivity index (χ3v) is 5.84. The molecule has 170 valence electrons. The van der Waals surface area contributed by atoms with Gasteiger partial charge in [0.25, 0.3) is 5.91 Å². The van der Waals surface area contributed by atoms with Gasteiger partial charge in [-0.25, -0.2) is 0 Å². The van der Waals surface area contributed by atoms with Crippen LogP contribution in [-0.4, -0.2) is 40.2 Å². The number of ether oxygens (including phenoxy) is 2. The molecule has 0 spiro atoms. The Morgan fingerprint density at radius 2 is 1.64 bits per heavy atom. The Kier molecular flexibility index (Phi) is 6.93. The summed E-state index contributed by atoms with van der Waals surface area (Å²) in [4.78, 5) is 16.7. The number of carbonyl (C=O) groups is 1. The van der Waals surface area contributed by atoms with Gasteiger partial charge in [0.05, 0.1) is 5.57 Å². The summed E-state index contributed by atoms with van der Waals surface area (Å²) in [7, 11) is 0. The molecule has 1 N–H and O–H groups in total. The summed E-state index contributed by atoms with van der Waals surface area (Å²) in [5.41, 5.74) is 2.19. The van der Waals surface area contributed by atoms with E-state index in [2.05, 4.69) is 23.9 Å². The zero-order chi connectivity index (χ0) is 23.4. The lowest BCUT2D eigenvalue weighted by Gasteiger charge is -2.20. The summed E-state index contributed by atoms with van der Waals surface area (Å²) in [5, 5.41) is 15.7. The van der Waals surface area contributed by atoms with E-state index < -0.39 is 5.91 Å². The van der Waals surface area contributed by atoms with Crippen LogP contribution in [0.5, 0.6) is 11.5 Å². The second kappa shape index (κ2) is 10.0. The van der Waals surface area contributed by atoms with Gasteiger partial charge in [0, 0.05) is 6.42 Å². The number of rotatable bonds is 8. The monoisotopic (exact) mass is 462 g/mol. The predicted molar refractivity (Wildman–Crippen MR) is 133 cm³/mol. The van der Waals surface area contributed by atoms with Crippen LogP contribution in [0, 0.1) is 18.3 Å². The molecule has 4 rings (SSSR count). The fraction of sp³-hybridized carbons (Fsp3) is 0.280. The Hall–Kier alpha value is -3.39. The number of nitrogens with zero attached hydrogens (tertiary/aromatic N) is 3. The van der Waals surface area contributed by atoms with Crippen molar-refractivity contribution in [1.82, 2.24) is 5.01 Å². The van der Waals surface area contributed by atoms with E-state index in [1.54, 1.807) is 6.08 Å². The van der Waals surface area contributed by atoms with Crippen molar-refractivity contribution in [3.63, 3.8) is 0 Å². The van der Waals surface area contributed by atoms with Crippen LogP contribution in [0.25, 0.3) is 6.08 Å². The zero-order valence-electron chi connectivity index (χ0n) is 18.9. The van der Waals surface area contributed by atoms with Crippen LogP contribution in [0.2, 0.25) is 0 Å². The second-order valence-electron chi connectivity index (χ2n) is 8.19. The summed E-state index contributed by atoms with van der Waals surface area (Å²) in [6, 6.07) is 15.2. The number of aliphatic imine (C=N–C) groups is 1. The Morgan fingerprint density at radius 3 is 2.24 bits per heavy atom. The molecule has 0 atom stereocenters. The van der Waals surface area contributed by atoms with Gasteiger partial charge in [-0.2, -0.15) is 15.1 Å². The van der Waals surface area contributed by atoms with Gasteiger partial charge >= 0.3 is 0 Å². The van der Waals surface area contributed by atoms with Gasteiger partial charge in [-0.05, 0) is 60.5 Å². The first-order valence-corrected chi connectivity index (χ1v) is 11.6. The average Bonchev–Trinajstić information content (AvgIpc) is 3.18. The number of nitrogens with one attached hydrogen (secondary N) is 1. The number of fused-ring (bicyclic) bond motifs is 1. The van der Waals surface area contributed by atoms with Gasteiger partial charge in [-0.3, -0.25) is 10.2 Å². The Bertz CT molecular complexity index is 1140. The smallest absolute Gasteiger partial charge is 0.283 e. The van der Waals surface area contributed by atoms with Crippen molar-refractivity contribution >= 4 is 39.8 Å². The molecule has 0 saturated carbocycles. The number of hydrazone groups is 1. The fourth-order valence-corrected chi connectivity index (χ4v) is 4.34. The van der Waals surface area contributed by atoms with Crippen LogP contribution in [-0.2, 0) is 4.79 Å². The standard InChI is InChI=1S/C25H26N4O3S/c1-16(2)14-22-28-29-23(26)21(24(30)27-25(29)33-22)15-18-6-10-20(11-7-18)32-13-12-31-19-8-4-17(3)5-9-19/h4-11,15-16,26H,12-14H2,1-3H3. The molecule has 2 heterocycles. The predicted octanol–water partition coefficient (Wildman–Crippen LogP) is 5.12. The van der Waals surface area contributed by atoms with Gasteiger partial charge in [-0.15, -0.1) is 0 Å². The molecule has 2 aromatic rings. The molecule has 7 nitrogen and oxygen atoms in total.